The Morgan fingerprint density at radius 2 is 1.90 bits per heavy atom. The first-order chi connectivity index (χ1) is 10.3. The molecule has 0 bridgehead atoms. The van der Waals surface area contributed by atoms with Crippen LogP contribution in [0.15, 0.2) is 47.6 Å². The van der Waals surface area contributed by atoms with Gasteiger partial charge in [0.2, 0.25) is 0 Å². The van der Waals surface area contributed by atoms with Gasteiger partial charge in [-0.2, -0.15) is 0 Å². The fourth-order valence-corrected chi connectivity index (χ4v) is 3.07. The van der Waals surface area contributed by atoms with Crippen molar-refractivity contribution in [1.29, 1.82) is 0 Å². The summed E-state index contributed by atoms with van der Waals surface area (Å²) >= 11 is 1.78. The fourth-order valence-electron chi connectivity index (χ4n) is 2.05. The van der Waals surface area contributed by atoms with Gasteiger partial charge in [-0.15, -0.1) is 11.8 Å². The molecule has 0 spiro atoms. The van der Waals surface area contributed by atoms with E-state index >= 15 is 0 Å². The molecule has 2 aromatic rings. The van der Waals surface area contributed by atoms with Gasteiger partial charge in [0, 0.05) is 34.6 Å². The topological polar surface area (TPSA) is 43.4 Å². The van der Waals surface area contributed by atoms with E-state index in [1.165, 1.54) is 4.90 Å². The van der Waals surface area contributed by atoms with Crippen molar-refractivity contribution in [2.75, 3.05) is 27.0 Å². The van der Waals surface area contributed by atoms with E-state index in [1.54, 1.807) is 26.0 Å². The van der Waals surface area contributed by atoms with Crippen molar-refractivity contribution in [3.8, 4) is 11.5 Å². The highest BCUT2D eigenvalue weighted by Gasteiger charge is 2.16. The molecular weight excluding hydrogens is 284 g/mol. The molecule has 0 fully saturated rings. The zero-order valence-corrected chi connectivity index (χ0v) is 13.3. The molecular formula is C16H20N2O2S. The molecule has 5 heteroatoms. The minimum absolute atomic E-state index is 0.174. The number of nitrogens with zero attached hydrogens (tertiary/aromatic N) is 1. The van der Waals surface area contributed by atoms with E-state index in [2.05, 4.69) is 10.3 Å². The van der Waals surface area contributed by atoms with Gasteiger partial charge in [0.1, 0.15) is 11.5 Å². The molecule has 1 aromatic carbocycles. The van der Waals surface area contributed by atoms with Crippen molar-refractivity contribution in [1.82, 2.24) is 10.3 Å². The first-order valence-electron chi connectivity index (χ1n) is 6.70. The molecule has 0 aliphatic carbocycles. The van der Waals surface area contributed by atoms with Crippen LogP contribution in [0.3, 0.4) is 0 Å². The minimum Gasteiger partial charge on any atom is -0.497 e. The fraction of sp³-hybridized carbons (Fsp3) is 0.312. The minimum atomic E-state index is 0.174. The van der Waals surface area contributed by atoms with Crippen LogP contribution >= 0.6 is 11.8 Å². The number of hydrogen-bond donors (Lipinski definition) is 1. The van der Waals surface area contributed by atoms with E-state index in [0.29, 0.717) is 0 Å². The number of ether oxygens (including phenoxy) is 2. The Labute approximate surface area is 129 Å². The molecule has 0 saturated heterocycles. The number of methoxy groups -OCH3 is 2. The van der Waals surface area contributed by atoms with Crippen LogP contribution in [0.25, 0.3) is 0 Å². The zero-order valence-electron chi connectivity index (χ0n) is 12.5. The number of rotatable bonds is 7. The van der Waals surface area contributed by atoms with Gasteiger partial charge < -0.3 is 14.8 Å². The van der Waals surface area contributed by atoms with Gasteiger partial charge >= 0.3 is 0 Å². The predicted molar refractivity (Wildman–Crippen MR) is 86.3 cm³/mol. The number of hydrogen-bond acceptors (Lipinski definition) is 5. The number of benzene rings is 1. The lowest BCUT2D eigenvalue weighted by Gasteiger charge is -2.20. The van der Waals surface area contributed by atoms with Gasteiger partial charge in [0.05, 0.1) is 14.2 Å². The lowest BCUT2D eigenvalue weighted by Crippen LogP contribution is -2.19. The standard InChI is InChI=1S/C16H20N2O2S/c1-17-15(11-21-13-6-8-18-9-7-13)14-10-12(19-2)4-5-16(14)20-3/h4-10,15,17H,11H2,1-3H3. The van der Waals surface area contributed by atoms with Gasteiger partial charge in [-0.1, -0.05) is 0 Å². The largest absolute Gasteiger partial charge is 0.497 e. The molecule has 1 atom stereocenters. The Hall–Kier alpha value is -1.72. The number of aromatic nitrogens is 1. The molecule has 2 rings (SSSR count). The molecule has 112 valence electrons. The molecule has 0 saturated carbocycles. The highest BCUT2D eigenvalue weighted by molar-refractivity contribution is 7.99. The molecule has 1 aromatic heterocycles. The molecule has 1 heterocycles. The van der Waals surface area contributed by atoms with Crippen LogP contribution in [-0.4, -0.2) is 32.0 Å². The lowest BCUT2D eigenvalue weighted by molar-refractivity contribution is 0.394. The second-order valence-electron chi connectivity index (χ2n) is 4.44. The van der Waals surface area contributed by atoms with Crippen LogP contribution in [0.1, 0.15) is 11.6 Å². The monoisotopic (exact) mass is 304 g/mol. The first kappa shape index (κ1) is 15.7. The SMILES string of the molecule is CNC(CSc1ccncc1)c1cc(OC)ccc1OC. The third-order valence-electron chi connectivity index (χ3n) is 3.23. The van der Waals surface area contributed by atoms with Crippen LogP contribution < -0.4 is 14.8 Å². The second kappa shape index (κ2) is 7.90. The summed E-state index contributed by atoms with van der Waals surface area (Å²) in [5, 5.41) is 3.34. The lowest BCUT2D eigenvalue weighted by atomic mass is 10.1. The van der Waals surface area contributed by atoms with Gasteiger partial charge in [0.15, 0.2) is 0 Å². The molecule has 0 radical (unpaired) electrons. The summed E-state index contributed by atoms with van der Waals surface area (Å²) in [5.41, 5.74) is 1.10. The third kappa shape index (κ3) is 4.12. The number of pyridine rings is 1. The van der Waals surface area contributed by atoms with E-state index in [4.69, 9.17) is 9.47 Å². The average molecular weight is 304 g/mol. The maximum Gasteiger partial charge on any atom is 0.123 e. The van der Waals surface area contributed by atoms with E-state index in [1.807, 2.05) is 49.8 Å². The Bertz CT molecular complexity index is 563. The zero-order chi connectivity index (χ0) is 15.1. The number of nitrogens with one attached hydrogen (secondary N) is 1. The van der Waals surface area contributed by atoms with Gasteiger partial charge in [-0.25, -0.2) is 0 Å². The molecule has 0 aliphatic rings. The van der Waals surface area contributed by atoms with E-state index in [-0.39, 0.29) is 6.04 Å². The normalized spacial score (nSPS) is 12.0. The van der Waals surface area contributed by atoms with Crippen molar-refractivity contribution in [2.24, 2.45) is 0 Å². The number of thioether (sulfide) groups is 1. The average Bonchev–Trinajstić information content (AvgIpc) is 2.56. The van der Waals surface area contributed by atoms with Crippen LogP contribution in [-0.2, 0) is 0 Å². The van der Waals surface area contributed by atoms with E-state index in [9.17, 15) is 0 Å². The van der Waals surface area contributed by atoms with E-state index < -0.39 is 0 Å². The first-order valence-corrected chi connectivity index (χ1v) is 7.69. The quantitative estimate of drug-likeness (QED) is 0.796. The molecule has 1 N–H and O–H groups in total. The van der Waals surface area contributed by atoms with Crippen molar-refractivity contribution in [3.63, 3.8) is 0 Å². The van der Waals surface area contributed by atoms with Crippen LogP contribution in [0.2, 0.25) is 0 Å². The van der Waals surface area contributed by atoms with Crippen molar-refractivity contribution < 1.29 is 9.47 Å². The summed E-state index contributed by atoms with van der Waals surface area (Å²) in [6.07, 6.45) is 3.62. The second-order valence-corrected chi connectivity index (χ2v) is 5.54. The van der Waals surface area contributed by atoms with Crippen LogP contribution in [0, 0.1) is 0 Å². The van der Waals surface area contributed by atoms with Crippen LogP contribution in [0.5, 0.6) is 11.5 Å². The van der Waals surface area contributed by atoms with Gasteiger partial charge in [0.25, 0.3) is 0 Å². The summed E-state index contributed by atoms with van der Waals surface area (Å²) in [5.74, 6) is 2.59. The molecule has 4 nitrogen and oxygen atoms in total. The summed E-state index contributed by atoms with van der Waals surface area (Å²) < 4.78 is 10.8. The molecule has 0 aliphatic heterocycles. The van der Waals surface area contributed by atoms with E-state index in [0.717, 1.165) is 22.8 Å². The van der Waals surface area contributed by atoms with Crippen molar-refractivity contribution in [2.45, 2.75) is 10.9 Å². The maximum absolute atomic E-state index is 5.46. The smallest absolute Gasteiger partial charge is 0.123 e. The summed E-state index contributed by atoms with van der Waals surface area (Å²) in [6.45, 7) is 0. The van der Waals surface area contributed by atoms with Gasteiger partial charge in [-0.3, -0.25) is 4.98 Å². The summed E-state index contributed by atoms with van der Waals surface area (Å²) in [7, 11) is 5.32. The Morgan fingerprint density at radius 3 is 2.52 bits per heavy atom. The molecule has 21 heavy (non-hydrogen) atoms. The highest BCUT2D eigenvalue weighted by atomic mass is 32.2. The van der Waals surface area contributed by atoms with Gasteiger partial charge in [-0.05, 0) is 37.4 Å². The van der Waals surface area contributed by atoms with Crippen LogP contribution in [0.4, 0.5) is 0 Å². The Balaban J connectivity index is 2.16. The Kier molecular flexibility index (Phi) is 5.90. The summed E-state index contributed by atoms with van der Waals surface area (Å²) in [6, 6.07) is 10.1. The predicted octanol–water partition coefficient (Wildman–Crippen LogP) is 3.15. The van der Waals surface area contributed by atoms with Crippen molar-refractivity contribution >= 4 is 11.8 Å². The highest BCUT2D eigenvalue weighted by Crippen LogP contribution is 2.32. The van der Waals surface area contributed by atoms with Crippen molar-refractivity contribution in [3.05, 3.63) is 48.3 Å². The Morgan fingerprint density at radius 1 is 1.14 bits per heavy atom. The summed E-state index contributed by atoms with van der Waals surface area (Å²) in [4.78, 5) is 5.24. The maximum atomic E-state index is 5.46. The molecule has 1 unspecified atom stereocenters. The molecule has 0 amide bonds. The third-order valence-corrected chi connectivity index (χ3v) is 4.33.